The Balaban J connectivity index is 1.79. The maximum absolute atomic E-state index is 5.91. The number of likely N-dealkylation sites (tertiary alicyclic amines) is 1. The molecule has 1 aromatic rings. The van der Waals surface area contributed by atoms with Gasteiger partial charge in [-0.2, -0.15) is 16.9 Å². The molecule has 4 nitrogen and oxygen atoms in total. The van der Waals surface area contributed by atoms with Gasteiger partial charge in [0.2, 0.25) is 0 Å². The molecular weight excluding hydrogens is 244 g/mol. The average molecular weight is 268 g/mol. The summed E-state index contributed by atoms with van der Waals surface area (Å²) in [6.45, 7) is 4.30. The maximum Gasteiger partial charge on any atom is 0.0492 e. The van der Waals surface area contributed by atoms with Crippen molar-refractivity contribution in [2.75, 3.05) is 32.4 Å². The summed E-state index contributed by atoms with van der Waals surface area (Å²) < 4.78 is 2.30. The summed E-state index contributed by atoms with van der Waals surface area (Å²) in [5.41, 5.74) is 7.23. The minimum absolute atomic E-state index is 0.336. The van der Waals surface area contributed by atoms with Crippen molar-refractivity contribution in [2.45, 2.75) is 24.0 Å². The molecule has 1 fully saturated rings. The molecule has 102 valence electrons. The van der Waals surface area contributed by atoms with Crippen LogP contribution in [0.25, 0.3) is 0 Å². The highest BCUT2D eigenvalue weighted by Crippen LogP contribution is 2.33. The summed E-state index contributed by atoms with van der Waals surface area (Å²) in [6.07, 6.45) is 7.59. The third-order valence-electron chi connectivity index (χ3n) is 4.18. The SMILES string of the molecule is CSC1(CN)CCN(CCc2ccnn2C)CC1. The first-order valence-electron chi connectivity index (χ1n) is 6.63. The van der Waals surface area contributed by atoms with Crippen molar-refractivity contribution >= 4 is 11.8 Å². The molecular formula is C13H24N4S. The smallest absolute Gasteiger partial charge is 0.0492 e. The first-order chi connectivity index (χ1) is 8.69. The summed E-state index contributed by atoms with van der Waals surface area (Å²) in [7, 11) is 2.01. The second-order valence-corrected chi connectivity index (χ2v) is 6.40. The van der Waals surface area contributed by atoms with E-state index in [0.717, 1.165) is 19.5 Å². The van der Waals surface area contributed by atoms with E-state index in [4.69, 9.17) is 5.73 Å². The Morgan fingerprint density at radius 1 is 1.44 bits per heavy atom. The Kier molecular flexibility index (Phi) is 4.70. The number of aryl methyl sites for hydroxylation is 1. The Morgan fingerprint density at radius 2 is 2.17 bits per heavy atom. The fourth-order valence-corrected chi connectivity index (χ4v) is 3.35. The van der Waals surface area contributed by atoms with E-state index in [2.05, 4.69) is 22.3 Å². The first-order valence-corrected chi connectivity index (χ1v) is 7.86. The van der Waals surface area contributed by atoms with Gasteiger partial charge in [0, 0.05) is 43.2 Å². The zero-order valence-electron chi connectivity index (χ0n) is 11.4. The molecule has 0 atom stereocenters. The average Bonchev–Trinajstić information content (AvgIpc) is 2.83. The third kappa shape index (κ3) is 3.08. The number of rotatable bonds is 5. The highest BCUT2D eigenvalue weighted by atomic mass is 32.2. The zero-order chi connectivity index (χ0) is 13.0. The van der Waals surface area contributed by atoms with Crippen LogP contribution >= 0.6 is 11.8 Å². The van der Waals surface area contributed by atoms with Crippen LogP contribution in [0.3, 0.4) is 0 Å². The highest BCUT2D eigenvalue weighted by Gasteiger charge is 2.32. The first kappa shape index (κ1) is 13.9. The third-order valence-corrected chi connectivity index (χ3v) is 5.62. The second kappa shape index (κ2) is 6.08. The molecule has 0 saturated carbocycles. The van der Waals surface area contributed by atoms with Crippen molar-refractivity contribution in [1.82, 2.24) is 14.7 Å². The summed E-state index contributed by atoms with van der Waals surface area (Å²) in [5.74, 6) is 0. The predicted octanol–water partition coefficient (Wildman–Crippen LogP) is 1.12. The molecule has 0 radical (unpaired) electrons. The molecule has 0 bridgehead atoms. The lowest BCUT2D eigenvalue weighted by molar-refractivity contribution is 0.203. The van der Waals surface area contributed by atoms with E-state index in [1.807, 2.05) is 29.7 Å². The van der Waals surface area contributed by atoms with Crippen LogP contribution < -0.4 is 5.73 Å². The van der Waals surface area contributed by atoms with Gasteiger partial charge in [0.25, 0.3) is 0 Å². The van der Waals surface area contributed by atoms with Crippen LogP contribution in [0.5, 0.6) is 0 Å². The van der Waals surface area contributed by atoms with Crippen molar-refractivity contribution in [3.8, 4) is 0 Å². The molecule has 0 aromatic carbocycles. The lowest BCUT2D eigenvalue weighted by atomic mass is 9.95. The molecule has 0 spiro atoms. The molecule has 0 aliphatic carbocycles. The van der Waals surface area contributed by atoms with Crippen LogP contribution in [0.1, 0.15) is 18.5 Å². The quantitative estimate of drug-likeness (QED) is 0.869. The van der Waals surface area contributed by atoms with E-state index in [9.17, 15) is 0 Å². The van der Waals surface area contributed by atoms with Crippen LogP contribution in [0, 0.1) is 0 Å². The van der Waals surface area contributed by atoms with Gasteiger partial charge >= 0.3 is 0 Å². The van der Waals surface area contributed by atoms with E-state index < -0.39 is 0 Å². The largest absolute Gasteiger partial charge is 0.329 e. The molecule has 18 heavy (non-hydrogen) atoms. The van der Waals surface area contributed by atoms with Crippen molar-refractivity contribution in [3.05, 3.63) is 18.0 Å². The van der Waals surface area contributed by atoms with Gasteiger partial charge < -0.3 is 10.6 Å². The van der Waals surface area contributed by atoms with Gasteiger partial charge in [-0.3, -0.25) is 4.68 Å². The highest BCUT2D eigenvalue weighted by molar-refractivity contribution is 8.00. The Morgan fingerprint density at radius 3 is 2.67 bits per heavy atom. The Bertz CT molecular complexity index is 363. The molecule has 2 rings (SSSR count). The number of piperidine rings is 1. The van der Waals surface area contributed by atoms with Crippen molar-refractivity contribution < 1.29 is 0 Å². The molecule has 5 heteroatoms. The summed E-state index contributed by atoms with van der Waals surface area (Å²) >= 11 is 1.95. The molecule has 1 aromatic heterocycles. The standard InChI is InChI=1S/C13H24N4S/c1-16-12(3-7-15-16)4-8-17-9-5-13(11-14,18-2)6-10-17/h3,7H,4-6,8-11,14H2,1-2H3. The number of hydrogen-bond donors (Lipinski definition) is 1. The monoisotopic (exact) mass is 268 g/mol. The topological polar surface area (TPSA) is 47.1 Å². The molecule has 0 amide bonds. The fraction of sp³-hybridized carbons (Fsp3) is 0.769. The van der Waals surface area contributed by atoms with Crippen LogP contribution in [0.15, 0.2) is 12.3 Å². The molecule has 0 unspecified atom stereocenters. The predicted molar refractivity (Wildman–Crippen MR) is 77.9 cm³/mol. The lowest BCUT2D eigenvalue weighted by Crippen LogP contribution is -2.46. The van der Waals surface area contributed by atoms with Crippen molar-refractivity contribution in [3.63, 3.8) is 0 Å². The van der Waals surface area contributed by atoms with Crippen molar-refractivity contribution in [1.29, 1.82) is 0 Å². The van der Waals surface area contributed by atoms with Crippen LogP contribution in [-0.2, 0) is 13.5 Å². The van der Waals surface area contributed by atoms with E-state index in [-0.39, 0.29) is 0 Å². The van der Waals surface area contributed by atoms with Gasteiger partial charge in [-0.25, -0.2) is 0 Å². The number of nitrogens with two attached hydrogens (primary N) is 1. The summed E-state index contributed by atoms with van der Waals surface area (Å²) in [6, 6.07) is 2.11. The molecule has 2 N–H and O–H groups in total. The fourth-order valence-electron chi connectivity index (χ4n) is 2.59. The van der Waals surface area contributed by atoms with Crippen LogP contribution in [-0.4, -0.2) is 51.9 Å². The van der Waals surface area contributed by atoms with Crippen LogP contribution in [0.2, 0.25) is 0 Å². The number of nitrogens with zero attached hydrogens (tertiary/aromatic N) is 3. The molecule has 2 heterocycles. The lowest BCUT2D eigenvalue weighted by Gasteiger charge is -2.40. The van der Waals surface area contributed by atoms with Gasteiger partial charge in [0.05, 0.1) is 0 Å². The van der Waals surface area contributed by atoms with Gasteiger partial charge in [0.1, 0.15) is 0 Å². The number of hydrogen-bond acceptors (Lipinski definition) is 4. The molecule has 1 saturated heterocycles. The minimum atomic E-state index is 0.336. The summed E-state index contributed by atoms with van der Waals surface area (Å²) in [4.78, 5) is 2.55. The van der Waals surface area contributed by atoms with Crippen molar-refractivity contribution in [2.24, 2.45) is 12.8 Å². The zero-order valence-corrected chi connectivity index (χ0v) is 12.2. The number of thioether (sulfide) groups is 1. The van der Waals surface area contributed by atoms with Gasteiger partial charge in [-0.05, 0) is 38.3 Å². The van der Waals surface area contributed by atoms with Gasteiger partial charge in [-0.15, -0.1) is 0 Å². The Labute approximate surface area is 114 Å². The maximum atomic E-state index is 5.91. The Hall–Kier alpha value is -0.520. The number of aromatic nitrogens is 2. The van der Waals surface area contributed by atoms with Gasteiger partial charge in [-0.1, -0.05) is 0 Å². The summed E-state index contributed by atoms with van der Waals surface area (Å²) in [5, 5.41) is 4.21. The molecule has 1 aliphatic heterocycles. The minimum Gasteiger partial charge on any atom is -0.329 e. The molecule has 1 aliphatic rings. The van der Waals surface area contributed by atoms with Crippen LogP contribution in [0.4, 0.5) is 0 Å². The van der Waals surface area contributed by atoms with E-state index in [1.54, 1.807) is 0 Å². The normalized spacial score (nSPS) is 20.2. The van der Waals surface area contributed by atoms with E-state index >= 15 is 0 Å². The van der Waals surface area contributed by atoms with E-state index in [0.29, 0.717) is 4.75 Å². The van der Waals surface area contributed by atoms with Gasteiger partial charge in [0.15, 0.2) is 0 Å². The van der Waals surface area contributed by atoms with E-state index in [1.165, 1.54) is 31.6 Å². The second-order valence-electron chi connectivity index (χ2n) is 5.13.